The van der Waals surface area contributed by atoms with Gasteiger partial charge in [-0.05, 0) is 35.4 Å². The summed E-state index contributed by atoms with van der Waals surface area (Å²) in [5, 5.41) is 10.6. The van der Waals surface area contributed by atoms with Gasteiger partial charge in [-0.15, -0.1) is 0 Å². The first kappa shape index (κ1) is 16.0. The fourth-order valence-electron chi connectivity index (χ4n) is 2.24. The molecule has 0 atom stereocenters. The molecule has 2 rings (SSSR count). The van der Waals surface area contributed by atoms with E-state index in [4.69, 9.17) is 18.9 Å². The van der Waals surface area contributed by atoms with Crippen LogP contribution in [-0.2, 0) is 0 Å². The third kappa shape index (κ3) is 3.09. The predicted octanol–water partition coefficient (Wildman–Crippen LogP) is 2.80. The molecule has 0 fully saturated rings. The molecule has 0 heterocycles. The highest BCUT2D eigenvalue weighted by Gasteiger charge is 2.16. The molecule has 118 valence electrons. The number of hydrogen-bond acceptors (Lipinski definition) is 5. The van der Waals surface area contributed by atoms with Crippen LogP contribution in [-0.4, -0.2) is 33.5 Å². The van der Waals surface area contributed by atoms with E-state index in [-0.39, 0.29) is 0 Å². The Hall–Kier alpha value is -2.40. The molecule has 0 aliphatic carbocycles. The van der Waals surface area contributed by atoms with Gasteiger partial charge < -0.3 is 24.1 Å². The first-order chi connectivity index (χ1) is 10.6. The summed E-state index contributed by atoms with van der Waals surface area (Å²) in [7, 11) is 6.26. The van der Waals surface area contributed by atoms with Crippen LogP contribution in [0.3, 0.4) is 0 Å². The standard InChI is InChI=1S/C17H20O5/c1-19-13-7-5-11(9-15(13)21-3)17(18)12-6-8-14(20-2)16(10-12)22-4/h5-10,17-18H,1-4H3. The third-order valence-electron chi connectivity index (χ3n) is 3.45. The fourth-order valence-corrected chi connectivity index (χ4v) is 2.24. The maximum atomic E-state index is 10.6. The molecule has 0 saturated heterocycles. The molecule has 1 N–H and O–H groups in total. The monoisotopic (exact) mass is 304 g/mol. The number of hydrogen-bond donors (Lipinski definition) is 1. The number of benzene rings is 2. The minimum atomic E-state index is -0.806. The average Bonchev–Trinajstić information content (AvgIpc) is 2.59. The molecule has 22 heavy (non-hydrogen) atoms. The first-order valence-electron chi connectivity index (χ1n) is 6.76. The molecule has 0 unspecified atom stereocenters. The first-order valence-corrected chi connectivity index (χ1v) is 6.76. The van der Waals surface area contributed by atoms with Crippen LogP contribution in [0.2, 0.25) is 0 Å². The van der Waals surface area contributed by atoms with Crippen molar-refractivity contribution in [2.24, 2.45) is 0 Å². The lowest BCUT2D eigenvalue weighted by Gasteiger charge is -2.16. The zero-order chi connectivity index (χ0) is 16.1. The van der Waals surface area contributed by atoms with Crippen molar-refractivity contribution < 1.29 is 24.1 Å². The fraction of sp³-hybridized carbons (Fsp3) is 0.294. The van der Waals surface area contributed by atoms with E-state index in [1.54, 1.807) is 64.8 Å². The van der Waals surface area contributed by atoms with Crippen LogP contribution in [0.4, 0.5) is 0 Å². The Morgan fingerprint density at radius 2 is 1.00 bits per heavy atom. The quantitative estimate of drug-likeness (QED) is 0.889. The molecule has 0 amide bonds. The van der Waals surface area contributed by atoms with Crippen molar-refractivity contribution >= 4 is 0 Å². The number of aliphatic hydroxyl groups excluding tert-OH is 1. The molecule has 0 aliphatic heterocycles. The second kappa shape index (κ2) is 7.04. The largest absolute Gasteiger partial charge is 0.493 e. The van der Waals surface area contributed by atoms with Gasteiger partial charge in [0.15, 0.2) is 23.0 Å². The van der Waals surface area contributed by atoms with Gasteiger partial charge in [0, 0.05) is 0 Å². The van der Waals surface area contributed by atoms with E-state index < -0.39 is 6.10 Å². The van der Waals surface area contributed by atoms with Crippen molar-refractivity contribution in [3.8, 4) is 23.0 Å². The van der Waals surface area contributed by atoms with Crippen molar-refractivity contribution in [1.82, 2.24) is 0 Å². The van der Waals surface area contributed by atoms with Crippen LogP contribution in [0.5, 0.6) is 23.0 Å². The molecule has 2 aromatic rings. The van der Waals surface area contributed by atoms with Gasteiger partial charge in [0.1, 0.15) is 6.10 Å². The summed E-state index contributed by atoms with van der Waals surface area (Å²) in [6.45, 7) is 0. The van der Waals surface area contributed by atoms with Gasteiger partial charge >= 0.3 is 0 Å². The highest BCUT2D eigenvalue weighted by molar-refractivity contribution is 5.48. The van der Waals surface area contributed by atoms with Gasteiger partial charge in [-0.2, -0.15) is 0 Å². The average molecular weight is 304 g/mol. The van der Waals surface area contributed by atoms with Crippen LogP contribution >= 0.6 is 0 Å². The zero-order valence-electron chi connectivity index (χ0n) is 13.1. The maximum absolute atomic E-state index is 10.6. The van der Waals surface area contributed by atoms with Crippen LogP contribution in [0, 0.1) is 0 Å². The van der Waals surface area contributed by atoms with Gasteiger partial charge in [-0.3, -0.25) is 0 Å². The molecule has 5 heteroatoms. The van der Waals surface area contributed by atoms with Gasteiger partial charge in [0.05, 0.1) is 28.4 Å². The second-order valence-corrected chi connectivity index (χ2v) is 4.63. The topological polar surface area (TPSA) is 57.2 Å². The Kier molecular flexibility index (Phi) is 5.12. The molecular formula is C17H20O5. The van der Waals surface area contributed by atoms with E-state index in [1.807, 2.05) is 0 Å². The van der Waals surface area contributed by atoms with E-state index in [9.17, 15) is 5.11 Å². The summed E-state index contributed by atoms with van der Waals surface area (Å²) in [4.78, 5) is 0. The molecule has 0 bridgehead atoms. The molecule has 0 radical (unpaired) electrons. The zero-order valence-corrected chi connectivity index (χ0v) is 13.1. The van der Waals surface area contributed by atoms with Crippen LogP contribution in [0.15, 0.2) is 36.4 Å². The van der Waals surface area contributed by atoms with Crippen molar-refractivity contribution in [3.05, 3.63) is 47.5 Å². The van der Waals surface area contributed by atoms with Gasteiger partial charge in [-0.1, -0.05) is 12.1 Å². The molecule has 2 aromatic carbocycles. The predicted molar refractivity (Wildman–Crippen MR) is 83.2 cm³/mol. The Labute approximate surface area is 130 Å². The summed E-state index contributed by atoms with van der Waals surface area (Å²) >= 11 is 0. The van der Waals surface area contributed by atoms with Gasteiger partial charge in [0.25, 0.3) is 0 Å². The summed E-state index contributed by atoms with van der Waals surface area (Å²) in [6.07, 6.45) is -0.806. The van der Waals surface area contributed by atoms with E-state index >= 15 is 0 Å². The number of methoxy groups -OCH3 is 4. The summed E-state index contributed by atoms with van der Waals surface area (Å²) in [5.41, 5.74) is 1.40. The minimum Gasteiger partial charge on any atom is -0.493 e. The lowest BCUT2D eigenvalue weighted by Crippen LogP contribution is -2.02. The number of ether oxygens (including phenoxy) is 4. The van der Waals surface area contributed by atoms with Crippen molar-refractivity contribution in [3.63, 3.8) is 0 Å². The van der Waals surface area contributed by atoms with E-state index in [0.29, 0.717) is 34.1 Å². The van der Waals surface area contributed by atoms with Crippen LogP contribution in [0.25, 0.3) is 0 Å². The molecule has 5 nitrogen and oxygen atoms in total. The Morgan fingerprint density at radius 1 is 0.636 bits per heavy atom. The summed E-state index contributed by atoms with van der Waals surface area (Å²) in [5.74, 6) is 2.37. The van der Waals surface area contributed by atoms with Crippen LogP contribution < -0.4 is 18.9 Å². The normalized spacial score (nSPS) is 10.5. The van der Waals surface area contributed by atoms with E-state index in [1.165, 1.54) is 0 Å². The molecule has 0 saturated carbocycles. The highest BCUT2D eigenvalue weighted by atomic mass is 16.5. The van der Waals surface area contributed by atoms with Crippen molar-refractivity contribution in [1.29, 1.82) is 0 Å². The van der Waals surface area contributed by atoms with Gasteiger partial charge in [0.2, 0.25) is 0 Å². The number of rotatable bonds is 6. The number of aliphatic hydroxyl groups is 1. The Balaban J connectivity index is 2.37. The molecule has 0 aliphatic rings. The van der Waals surface area contributed by atoms with Gasteiger partial charge in [-0.25, -0.2) is 0 Å². The smallest absolute Gasteiger partial charge is 0.161 e. The lowest BCUT2D eigenvalue weighted by molar-refractivity contribution is 0.218. The third-order valence-corrected chi connectivity index (χ3v) is 3.45. The van der Waals surface area contributed by atoms with E-state index in [0.717, 1.165) is 0 Å². The van der Waals surface area contributed by atoms with Crippen LogP contribution in [0.1, 0.15) is 17.2 Å². The minimum absolute atomic E-state index is 0.569. The molecule has 0 spiro atoms. The van der Waals surface area contributed by atoms with Crippen molar-refractivity contribution in [2.75, 3.05) is 28.4 Å². The maximum Gasteiger partial charge on any atom is 0.161 e. The molecule has 0 aromatic heterocycles. The van der Waals surface area contributed by atoms with Crippen molar-refractivity contribution in [2.45, 2.75) is 6.10 Å². The van der Waals surface area contributed by atoms with E-state index in [2.05, 4.69) is 0 Å². The highest BCUT2D eigenvalue weighted by Crippen LogP contribution is 2.35. The summed E-state index contributed by atoms with van der Waals surface area (Å²) in [6, 6.07) is 10.6. The Bertz CT molecular complexity index is 583. The lowest BCUT2D eigenvalue weighted by atomic mass is 10.0. The SMILES string of the molecule is COc1ccc(C(O)c2ccc(OC)c(OC)c2)cc1OC. The summed E-state index contributed by atoms with van der Waals surface area (Å²) < 4.78 is 20.9. The molecular weight excluding hydrogens is 284 g/mol. The Morgan fingerprint density at radius 3 is 1.32 bits per heavy atom. The second-order valence-electron chi connectivity index (χ2n) is 4.63.